The predicted molar refractivity (Wildman–Crippen MR) is 60.9 cm³/mol. The van der Waals surface area contributed by atoms with Crippen molar-refractivity contribution in [3.8, 4) is 0 Å². The molecule has 1 aliphatic heterocycles. The number of rotatable bonds is 7. The molecule has 90 valence electrons. The van der Waals surface area contributed by atoms with Crippen molar-refractivity contribution in [1.82, 2.24) is 4.90 Å². The van der Waals surface area contributed by atoms with E-state index in [2.05, 4.69) is 11.8 Å². The first kappa shape index (κ1) is 12.9. The lowest BCUT2D eigenvalue weighted by Crippen LogP contribution is -2.41. The van der Waals surface area contributed by atoms with Crippen LogP contribution in [0.5, 0.6) is 0 Å². The number of hydrogen-bond donors (Lipinski definition) is 1. The minimum Gasteiger partial charge on any atom is -0.379 e. The predicted octanol–water partition coefficient (Wildman–Crippen LogP) is 0.461. The fraction of sp³-hybridized carbons (Fsp3) is 1.00. The van der Waals surface area contributed by atoms with E-state index in [1.54, 1.807) is 7.11 Å². The van der Waals surface area contributed by atoms with Crippen LogP contribution < -0.4 is 5.73 Å². The van der Waals surface area contributed by atoms with Gasteiger partial charge in [0.1, 0.15) is 0 Å². The molecule has 0 aliphatic carbocycles. The molecule has 0 saturated carbocycles. The molecule has 1 rings (SSSR count). The first-order valence-electron chi connectivity index (χ1n) is 5.87. The van der Waals surface area contributed by atoms with Gasteiger partial charge in [0, 0.05) is 33.4 Å². The summed E-state index contributed by atoms with van der Waals surface area (Å²) in [6, 6.07) is 0. The molecule has 1 heterocycles. The Morgan fingerprint density at radius 2 is 2.40 bits per heavy atom. The highest BCUT2D eigenvalue weighted by molar-refractivity contribution is 4.72. The summed E-state index contributed by atoms with van der Waals surface area (Å²) in [4.78, 5) is 2.36. The fourth-order valence-electron chi connectivity index (χ4n) is 1.94. The van der Waals surface area contributed by atoms with E-state index in [4.69, 9.17) is 15.2 Å². The largest absolute Gasteiger partial charge is 0.379 e. The number of nitrogens with zero attached hydrogens (tertiary/aromatic N) is 1. The molecule has 2 unspecified atom stereocenters. The molecule has 0 aromatic rings. The Kier molecular flexibility index (Phi) is 6.17. The van der Waals surface area contributed by atoms with E-state index in [0.717, 1.165) is 26.2 Å². The average Bonchev–Trinajstić information content (AvgIpc) is 2.76. The highest BCUT2D eigenvalue weighted by Gasteiger charge is 2.20. The lowest BCUT2D eigenvalue weighted by atomic mass is 10.2. The van der Waals surface area contributed by atoms with E-state index >= 15 is 0 Å². The molecular weight excluding hydrogens is 192 g/mol. The smallest absolute Gasteiger partial charge is 0.0820 e. The summed E-state index contributed by atoms with van der Waals surface area (Å²) in [6.07, 6.45) is 2.95. The van der Waals surface area contributed by atoms with Crippen molar-refractivity contribution in [2.75, 3.05) is 39.9 Å². The highest BCUT2D eigenvalue weighted by atomic mass is 16.5. The summed E-state index contributed by atoms with van der Waals surface area (Å²) >= 11 is 0. The van der Waals surface area contributed by atoms with Crippen LogP contribution in [-0.4, -0.2) is 57.0 Å². The number of hydrogen-bond acceptors (Lipinski definition) is 4. The molecule has 4 nitrogen and oxygen atoms in total. The monoisotopic (exact) mass is 216 g/mol. The van der Waals surface area contributed by atoms with Gasteiger partial charge in [-0.2, -0.15) is 0 Å². The Morgan fingerprint density at radius 3 is 2.87 bits per heavy atom. The van der Waals surface area contributed by atoms with Crippen LogP contribution >= 0.6 is 0 Å². The normalized spacial score (nSPS) is 23.6. The van der Waals surface area contributed by atoms with Crippen molar-refractivity contribution in [1.29, 1.82) is 0 Å². The van der Waals surface area contributed by atoms with Crippen LogP contribution in [0.1, 0.15) is 19.8 Å². The number of nitrogens with two attached hydrogens (primary N) is 1. The van der Waals surface area contributed by atoms with Gasteiger partial charge in [-0.3, -0.25) is 4.90 Å². The topological polar surface area (TPSA) is 47.7 Å². The zero-order valence-electron chi connectivity index (χ0n) is 9.95. The molecule has 0 spiro atoms. The van der Waals surface area contributed by atoms with Crippen LogP contribution in [0, 0.1) is 0 Å². The Bertz CT molecular complexity index is 153. The Hall–Kier alpha value is -0.160. The fourth-order valence-corrected chi connectivity index (χ4v) is 1.94. The molecule has 0 aromatic carbocycles. The zero-order valence-corrected chi connectivity index (χ0v) is 9.95. The summed E-state index contributed by atoms with van der Waals surface area (Å²) in [5, 5.41) is 0. The molecule has 15 heavy (non-hydrogen) atoms. The minimum absolute atomic E-state index is 0.145. The van der Waals surface area contributed by atoms with Crippen molar-refractivity contribution in [3.05, 3.63) is 0 Å². The molecule has 1 saturated heterocycles. The maximum absolute atomic E-state index is 5.62. The van der Waals surface area contributed by atoms with E-state index in [1.807, 2.05) is 0 Å². The van der Waals surface area contributed by atoms with Gasteiger partial charge in [-0.25, -0.2) is 0 Å². The third kappa shape index (κ3) is 4.47. The van der Waals surface area contributed by atoms with E-state index in [0.29, 0.717) is 12.6 Å². The standard InChI is InChI=1S/C11H24N2O2/c1-3-13(9-11(7-12)14-2)8-10-5-4-6-15-10/h10-11H,3-9,12H2,1-2H3. The van der Waals surface area contributed by atoms with Crippen LogP contribution in [0.25, 0.3) is 0 Å². The molecule has 1 fully saturated rings. The van der Waals surface area contributed by atoms with Gasteiger partial charge in [0.25, 0.3) is 0 Å². The minimum atomic E-state index is 0.145. The van der Waals surface area contributed by atoms with Crippen LogP contribution in [0.15, 0.2) is 0 Å². The van der Waals surface area contributed by atoms with Crippen LogP contribution in [-0.2, 0) is 9.47 Å². The lowest BCUT2D eigenvalue weighted by molar-refractivity contribution is 0.0374. The highest BCUT2D eigenvalue weighted by Crippen LogP contribution is 2.13. The lowest BCUT2D eigenvalue weighted by Gasteiger charge is -2.27. The molecule has 0 amide bonds. The second-order valence-electron chi connectivity index (χ2n) is 4.08. The molecule has 0 aromatic heterocycles. The second-order valence-corrected chi connectivity index (χ2v) is 4.08. The summed E-state index contributed by atoms with van der Waals surface area (Å²) in [6.45, 7) is 6.61. The van der Waals surface area contributed by atoms with Gasteiger partial charge in [-0.05, 0) is 19.4 Å². The third-order valence-electron chi connectivity index (χ3n) is 2.99. The zero-order chi connectivity index (χ0) is 11.1. The summed E-state index contributed by atoms with van der Waals surface area (Å²) < 4.78 is 10.9. The van der Waals surface area contributed by atoms with Gasteiger partial charge in [-0.1, -0.05) is 6.92 Å². The van der Waals surface area contributed by atoms with Gasteiger partial charge >= 0.3 is 0 Å². The van der Waals surface area contributed by atoms with E-state index in [1.165, 1.54) is 12.8 Å². The van der Waals surface area contributed by atoms with Crippen molar-refractivity contribution in [2.24, 2.45) is 5.73 Å². The van der Waals surface area contributed by atoms with Crippen molar-refractivity contribution < 1.29 is 9.47 Å². The van der Waals surface area contributed by atoms with E-state index in [-0.39, 0.29) is 6.10 Å². The third-order valence-corrected chi connectivity index (χ3v) is 2.99. The molecule has 0 radical (unpaired) electrons. The summed E-state index contributed by atoms with van der Waals surface area (Å²) in [7, 11) is 1.72. The first-order chi connectivity index (χ1) is 7.30. The maximum Gasteiger partial charge on any atom is 0.0820 e. The molecule has 1 aliphatic rings. The van der Waals surface area contributed by atoms with Crippen molar-refractivity contribution >= 4 is 0 Å². The van der Waals surface area contributed by atoms with Crippen LogP contribution in [0.2, 0.25) is 0 Å². The number of methoxy groups -OCH3 is 1. The first-order valence-corrected chi connectivity index (χ1v) is 5.87. The molecule has 2 atom stereocenters. The Balaban J connectivity index is 2.27. The van der Waals surface area contributed by atoms with Gasteiger partial charge in [-0.15, -0.1) is 0 Å². The SMILES string of the molecule is CCN(CC(CN)OC)CC1CCCO1. The average molecular weight is 216 g/mol. The Morgan fingerprint density at radius 1 is 1.60 bits per heavy atom. The molecule has 4 heteroatoms. The van der Waals surface area contributed by atoms with E-state index < -0.39 is 0 Å². The van der Waals surface area contributed by atoms with Crippen LogP contribution in [0.3, 0.4) is 0 Å². The quantitative estimate of drug-likeness (QED) is 0.671. The van der Waals surface area contributed by atoms with Crippen LogP contribution in [0.4, 0.5) is 0 Å². The van der Waals surface area contributed by atoms with Gasteiger partial charge < -0.3 is 15.2 Å². The summed E-state index contributed by atoms with van der Waals surface area (Å²) in [5.41, 5.74) is 5.61. The van der Waals surface area contributed by atoms with Gasteiger partial charge in [0.15, 0.2) is 0 Å². The molecule has 2 N–H and O–H groups in total. The van der Waals surface area contributed by atoms with E-state index in [9.17, 15) is 0 Å². The van der Waals surface area contributed by atoms with Crippen molar-refractivity contribution in [2.45, 2.75) is 32.0 Å². The molecule has 0 bridgehead atoms. The second kappa shape index (κ2) is 7.17. The number of ether oxygens (including phenoxy) is 2. The van der Waals surface area contributed by atoms with Crippen molar-refractivity contribution in [3.63, 3.8) is 0 Å². The van der Waals surface area contributed by atoms with Gasteiger partial charge in [0.05, 0.1) is 12.2 Å². The van der Waals surface area contributed by atoms with Gasteiger partial charge in [0.2, 0.25) is 0 Å². The Labute approximate surface area is 92.7 Å². The summed E-state index contributed by atoms with van der Waals surface area (Å²) in [5.74, 6) is 0. The number of likely N-dealkylation sites (N-methyl/N-ethyl adjacent to an activating group) is 1. The maximum atomic E-state index is 5.62. The molecular formula is C11H24N2O2.